The van der Waals surface area contributed by atoms with Gasteiger partial charge in [0, 0.05) is 12.4 Å². The molecule has 2 aromatic heterocycles. The zero-order valence-electron chi connectivity index (χ0n) is 47.3. The number of nitrogens with one attached hydrogen (secondary N) is 1. The number of hydrogen-bond acceptors (Lipinski definition) is 14. The van der Waals surface area contributed by atoms with Crippen LogP contribution < -0.4 is 31.9 Å². The highest BCUT2D eigenvalue weighted by molar-refractivity contribution is 6.74. The number of nitrogens with zero attached hydrogens (tertiary/aromatic N) is 4. The molecule has 5 N–H and O–H groups in total. The normalized spacial score (nSPS) is 21.0. The Morgan fingerprint density at radius 2 is 1.02 bits per heavy atom. The standard InChI is InChI=1S/C55H58FN3O6Si.C9H12FN3O4/c1-53(2,3)66(6,7)63-38-47-50(65-55(42-24-16-10-17-25-42,43-26-18-11-19-27-43)44-30-34-46(62-5)35-31-44)49(56)51(64-47)59-37-36-48(57-52(59)60)58-54(39-20-12-8-13-21-39,40-22-14-9-15-23-40)41-28-32-45(61-4)33-29-41;10-6-7(15)4(3-14)17-8(6)13-2-1-5(11)12-9(13)16/h8-37,47,49-51H,38H2,1-7H3,(H,57,58,60);1-2,4,6-8,14-15H,3H2,(H2,11,12,16)/t47-,49-,50-,51?;4-,6-,7-,8?/m11/s1. The Morgan fingerprint density at radius 1 is 0.602 bits per heavy atom. The van der Waals surface area contributed by atoms with Gasteiger partial charge in [0.2, 0.25) is 0 Å². The van der Waals surface area contributed by atoms with Gasteiger partial charge in [-0.15, -0.1) is 0 Å². The second kappa shape index (κ2) is 25.3. The van der Waals surface area contributed by atoms with Crippen molar-refractivity contribution >= 4 is 20.0 Å². The fourth-order valence-electron chi connectivity index (χ4n) is 10.3. The minimum atomic E-state index is -2.39. The van der Waals surface area contributed by atoms with Crippen molar-refractivity contribution < 1.29 is 47.1 Å². The number of aliphatic hydroxyl groups is 2. The van der Waals surface area contributed by atoms with E-state index in [1.807, 2.05) is 170 Å². The largest absolute Gasteiger partial charge is 0.497 e. The topological polar surface area (TPSA) is 204 Å². The number of aliphatic hydroxyl groups excluding tert-OH is 2. The van der Waals surface area contributed by atoms with Gasteiger partial charge >= 0.3 is 11.4 Å². The summed E-state index contributed by atoms with van der Waals surface area (Å²) < 4.78 is 70.8. The number of benzene rings is 6. The zero-order valence-corrected chi connectivity index (χ0v) is 48.3. The molecule has 0 radical (unpaired) electrons. The Balaban J connectivity index is 0.000000416. The molecular weight excluding hydrogens is 1080 g/mol. The van der Waals surface area contributed by atoms with Crippen molar-refractivity contribution in [3.63, 3.8) is 0 Å². The number of halogens is 2. The molecule has 4 heterocycles. The van der Waals surface area contributed by atoms with Crippen molar-refractivity contribution in [1.29, 1.82) is 0 Å². The molecule has 10 rings (SSSR count). The van der Waals surface area contributed by atoms with Gasteiger partial charge in [0.25, 0.3) is 0 Å². The summed E-state index contributed by atoms with van der Waals surface area (Å²) in [6.45, 7) is 10.3. The molecule has 6 aromatic carbocycles. The Labute approximate surface area is 482 Å². The zero-order chi connectivity index (χ0) is 59.1. The van der Waals surface area contributed by atoms with Crippen molar-refractivity contribution in [1.82, 2.24) is 19.1 Å². The summed E-state index contributed by atoms with van der Waals surface area (Å²) in [5.74, 6) is 1.67. The van der Waals surface area contributed by atoms with E-state index in [1.165, 1.54) is 16.8 Å². The maximum atomic E-state index is 18.0. The van der Waals surface area contributed by atoms with E-state index in [-0.39, 0.29) is 23.3 Å². The molecule has 2 saturated heterocycles. The minimum Gasteiger partial charge on any atom is -0.497 e. The van der Waals surface area contributed by atoms with Gasteiger partial charge in [-0.3, -0.25) is 9.13 Å². The molecule has 0 spiro atoms. The summed E-state index contributed by atoms with van der Waals surface area (Å²) in [4.78, 5) is 34.0. The lowest BCUT2D eigenvalue weighted by molar-refractivity contribution is -0.103. The Kier molecular flexibility index (Phi) is 18.2. The van der Waals surface area contributed by atoms with Crippen LogP contribution >= 0.6 is 0 Å². The number of hydrogen-bond donors (Lipinski definition) is 4. The van der Waals surface area contributed by atoms with Crippen LogP contribution in [0.25, 0.3) is 0 Å². The summed E-state index contributed by atoms with van der Waals surface area (Å²) in [7, 11) is 0.864. The number of nitrogens with two attached hydrogens (primary N) is 1. The van der Waals surface area contributed by atoms with E-state index in [0.29, 0.717) is 11.5 Å². The highest BCUT2D eigenvalue weighted by atomic mass is 28.4. The molecule has 19 heteroatoms. The molecule has 16 nitrogen and oxygen atoms in total. The van der Waals surface area contributed by atoms with Gasteiger partial charge in [0.1, 0.15) is 58.7 Å². The molecule has 83 heavy (non-hydrogen) atoms. The monoisotopic (exact) mass is 1150 g/mol. The maximum absolute atomic E-state index is 18.0. The van der Waals surface area contributed by atoms with Crippen LogP contribution in [0.15, 0.2) is 204 Å². The number of methoxy groups -OCH3 is 2. The molecule has 8 aromatic rings. The highest BCUT2D eigenvalue weighted by Gasteiger charge is 2.54. The molecular formula is C64H70F2N6O10Si. The highest BCUT2D eigenvalue weighted by Crippen LogP contribution is 2.47. The van der Waals surface area contributed by atoms with Gasteiger partial charge in [0.15, 0.2) is 33.1 Å². The second-order valence-electron chi connectivity index (χ2n) is 21.9. The number of anilines is 2. The van der Waals surface area contributed by atoms with Crippen molar-refractivity contribution in [2.75, 3.05) is 38.5 Å². The molecule has 0 bridgehead atoms. The van der Waals surface area contributed by atoms with Crippen LogP contribution in [-0.2, 0) is 29.8 Å². The van der Waals surface area contributed by atoms with E-state index >= 15 is 4.39 Å². The van der Waals surface area contributed by atoms with Gasteiger partial charge in [0.05, 0.1) is 27.4 Å². The summed E-state index contributed by atoms with van der Waals surface area (Å²) in [6, 6.07) is 58.0. The van der Waals surface area contributed by atoms with Crippen LogP contribution in [0, 0.1) is 0 Å². The first-order valence-electron chi connectivity index (χ1n) is 27.3. The SMILES string of the molecule is COc1ccc(C(Nc2ccn(C3O[C@H](CO[Si](C)(C)C(C)(C)C)[C@@H](OC(c4ccccc4)(c4ccccc4)c4ccc(OC)cc4)[C@H]3F)c(=O)n2)(c2ccccc2)c2ccccc2)cc1.Nc1ccn(C2O[C@H](CO)[C@@H](O)[C@H]2F)c(=O)n1. The lowest BCUT2D eigenvalue weighted by Crippen LogP contribution is -2.47. The molecule has 8 atom stereocenters. The third kappa shape index (κ3) is 12.3. The maximum Gasteiger partial charge on any atom is 0.351 e. The molecule has 2 aliphatic rings. The first kappa shape index (κ1) is 59.7. The summed E-state index contributed by atoms with van der Waals surface area (Å²) >= 11 is 0. The molecule has 2 fully saturated rings. The predicted molar refractivity (Wildman–Crippen MR) is 315 cm³/mol. The smallest absolute Gasteiger partial charge is 0.351 e. The van der Waals surface area contributed by atoms with Crippen LogP contribution in [0.1, 0.15) is 66.6 Å². The summed E-state index contributed by atoms with van der Waals surface area (Å²) in [5, 5.41) is 21.8. The van der Waals surface area contributed by atoms with Crippen molar-refractivity contribution in [2.45, 2.75) is 99.3 Å². The van der Waals surface area contributed by atoms with E-state index in [0.717, 1.165) is 37.9 Å². The second-order valence-corrected chi connectivity index (χ2v) is 26.7. The predicted octanol–water partition coefficient (Wildman–Crippen LogP) is 9.71. The molecule has 2 unspecified atom stereocenters. The number of rotatable bonds is 18. The average Bonchev–Trinajstić information content (AvgIpc) is 3.38. The third-order valence-electron chi connectivity index (χ3n) is 15.8. The number of ether oxygens (including phenoxy) is 5. The summed E-state index contributed by atoms with van der Waals surface area (Å²) in [5.41, 5.74) is 6.53. The molecule has 0 aliphatic carbocycles. The van der Waals surface area contributed by atoms with Gasteiger partial charge in [-0.2, -0.15) is 9.97 Å². The number of alkyl halides is 2. The van der Waals surface area contributed by atoms with E-state index in [4.69, 9.17) is 39.0 Å². The Bertz CT molecular complexity index is 3430. The first-order valence-corrected chi connectivity index (χ1v) is 30.2. The fraction of sp³-hybridized carbons (Fsp3) is 0.312. The van der Waals surface area contributed by atoms with Crippen molar-refractivity contribution in [2.24, 2.45) is 0 Å². The molecule has 0 saturated carbocycles. The van der Waals surface area contributed by atoms with E-state index in [1.54, 1.807) is 26.5 Å². The molecule has 2 aliphatic heterocycles. The van der Waals surface area contributed by atoms with Gasteiger partial charge in [-0.05, 0) is 87.9 Å². The van der Waals surface area contributed by atoms with E-state index < -0.39 is 86.7 Å². The number of aromatic nitrogens is 4. The fourth-order valence-corrected chi connectivity index (χ4v) is 11.3. The van der Waals surface area contributed by atoms with Crippen LogP contribution in [0.3, 0.4) is 0 Å². The lowest BCUT2D eigenvalue weighted by atomic mass is 9.77. The van der Waals surface area contributed by atoms with Crippen LogP contribution in [0.5, 0.6) is 11.5 Å². The molecule has 434 valence electrons. The van der Waals surface area contributed by atoms with Crippen molar-refractivity contribution in [3.05, 3.63) is 249 Å². The van der Waals surface area contributed by atoms with Gasteiger partial charge in [-0.1, -0.05) is 166 Å². The Morgan fingerprint density at radius 3 is 1.47 bits per heavy atom. The Hall–Kier alpha value is -7.88. The quantitative estimate of drug-likeness (QED) is 0.0467. The molecule has 0 amide bonds. The van der Waals surface area contributed by atoms with Gasteiger partial charge < -0.3 is 49.4 Å². The van der Waals surface area contributed by atoms with Crippen LogP contribution in [0.2, 0.25) is 18.1 Å². The van der Waals surface area contributed by atoms with Crippen molar-refractivity contribution in [3.8, 4) is 11.5 Å². The minimum absolute atomic E-state index is 0.0129. The first-order chi connectivity index (χ1) is 39.8. The van der Waals surface area contributed by atoms with Crippen LogP contribution in [-0.4, -0.2) is 102 Å². The third-order valence-corrected chi connectivity index (χ3v) is 20.3. The lowest BCUT2D eigenvalue weighted by Gasteiger charge is -2.40. The van der Waals surface area contributed by atoms with E-state index in [2.05, 4.69) is 49.1 Å². The number of nitrogen functional groups attached to an aromatic ring is 1. The van der Waals surface area contributed by atoms with Crippen LogP contribution in [0.4, 0.5) is 20.4 Å². The van der Waals surface area contributed by atoms with E-state index in [9.17, 15) is 19.1 Å². The van der Waals surface area contributed by atoms with Gasteiger partial charge in [-0.25, -0.2) is 18.4 Å². The average molecular weight is 1150 g/mol. The summed E-state index contributed by atoms with van der Waals surface area (Å²) in [6.07, 6.45) is -8.25.